The van der Waals surface area contributed by atoms with Crippen LogP contribution in [0.5, 0.6) is 11.5 Å². The highest BCUT2D eigenvalue weighted by Gasteiger charge is 2.36. The number of nitrogens with one attached hydrogen (secondary N) is 1. The van der Waals surface area contributed by atoms with Gasteiger partial charge in [0.2, 0.25) is 5.91 Å². The second-order valence-corrected chi connectivity index (χ2v) is 10.4. The lowest BCUT2D eigenvalue weighted by Crippen LogP contribution is -2.36. The molecule has 0 bridgehead atoms. The predicted octanol–water partition coefficient (Wildman–Crippen LogP) is 6.60. The minimum atomic E-state index is -0.508. The number of carbonyl (C=O) groups is 3. The maximum Gasteiger partial charge on any atom is 0.294 e. The molecule has 37 heavy (non-hydrogen) atoms. The van der Waals surface area contributed by atoms with Gasteiger partial charge in [-0.2, -0.15) is 0 Å². The van der Waals surface area contributed by atoms with Gasteiger partial charge < -0.3 is 14.8 Å². The summed E-state index contributed by atoms with van der Waals surface area (Å²) in [5.41, 5.74) is 2.16. The SMILES string of the molecule is CCOc1ccc(NC(=O)CN2C(=O)S/C(=C/c3ccc(OCc4ccccc4Cl)c(I)c3)C2=O)cc1. The molecule has 7 nitrogen and oxygen atoms in total. The summed E-state index contributed by atoms with van der Waals surface area (Å²) in [5, 5.41) is 2.84. The van der Waals surface area contributed by atoms with Crippen LogP contribution < -0.4 is 14.8 Å². The van der Waals surface area contributed by atoms with Crippen molar-refractivity contribution in [3.05, 3.63) is 91.4 Å². The minimum absolute atomic E-state index is 0.249. The molecular weight excluding hydrogens is 627 g/mol. The number of anilines is 1. The van der Waals surface area contributed by atoms with Crippen LogP contribution >= 0.6 is 46.0 Å². The summed E-state index contributed by atoms with van der Waals surface area (Å²) in [6.07, 6.45) is 1.63. The molecule has 0 aromatic heterocycles. The smallest absolute Gasteiger partial charge is 0.294 e. The standard InChI is InChI=1S/C27H22ClIN2O5S/c1-2-35-20-10-8-19(9-11-20)30-25(32)15-31-26(33)24(37-27(31)34)14-17-7-12-23(22(29)13-17)36-16-18-5-3-4-6-21(18)28/h3-14H,2,15-16H2,1H3,(H,30,32)/b24-14+. The molecule has 3 aromatic rings. The van der Waals surface area contributed by atoms with Gasteiger partial charge >= 0.3 is 0 Å². The quantitative estimate of drug-likeness (QED) is 0.208. The predicted molar refractivity (Wildman–Crippen MR) is 154 cm³/mol. The van der Waals surface area contributed by atoms with Crippen molar-refractivity contribution in [1.82, 2.24) is 4.90 Å². The van der Waals surface area contributed by atoms with E-state index in [1.54, 1.807) is 42.5 Å². The third kappa shape index (κ3) is 7.06. The lowest BCUT2D eigenvalue weighted by Gasteiger charge is -2.13. The van der Waals surface area contributed by atoms with Crippen molar-refractivity contribution in [2.75, 3.05) is 18.5 Å². The number of thioether (sulfide) groups is 1. The van der Waals surface area contributed by atoms with Crippen LogP contribution in [0.15, 0.2) is 71.6 Å². The normalized spacial score (nSPS) is 14.2. The van der Waals surface area contributed by atoms with E-state index in [9.17, 15) is 14.4 Å². The molecule has 1 aliphatic heterocycles. The van der Waals surface area contributed by atoms with Crippen molar-refractivity contribution in [1.29, 1.82) is 0 Å². The van der Waals surface area contributed by atoms with Crippen LogP contribution in [0.25, 0.3) is 6.08 Å². The zero-order valence-corrected chi connectivity index (χ0v) is 23.4. The van der Waals surface area contributed by atoms with Gasteiger partial charge in [-0.3, -0.25) is 19.3 Å². The summed E-state index contributed by atoms with van der Waals surface area (Å²) >= 11 is 9.15. The van der Waals surface area contributed by atoms with Crippen LogP contribution in [0, 0.1) is 3.57 Å². The Kier molecular flexibility index (Phi) is 9.12. The van der Waals surface area contributed by atoms with Gasteiger partial charge in [0, 0.05) is 16.3 Å². The van der Waals surface area contributed by atoms with Crippen molar-refractivity contribution in [2.24, 2.45) is 0 Å². The highest BCUT2D eigenvalue weighted by molar-refractivity contribution is 14.1. The molecule has 4 rings (SSSR count). The zero-order chi connectivity index (χ0) is 26.4. The Balaban J connectivity index is 1.37. The van der Waals surface area contributed by atoms with Gasteiger partial charge in [-0.1, -0.05) is 35.9 Å². The molecule has 1 N–H and O–H groups in total. The molecule has 1 aliphatic rings. The summed E-state index contributed by atoms with van der Waals surface area (Å²) in [6, 6.07) is 19.8. The third-order valence-electron chi connectivity index (χ3n) is 5.22. The van der Waals surface area contributed by atoms with E-state index in [2.05, 4.69) is 27.9 Å². The van der Waals surface area contributed by atoms with Gasteiger partial charge in [0.15, 0.2) is 0 Å². The highest BCUT2D eigenvalue weighted by atomic mass is 127. The summed E-state index contributed by atoms with van der Waals surface area (Å²) in [6.45, 7) is 2.38. The average molecular weight is 649 g/mol. The first-order valence-corrected chi connectivity index (χ1v) is 13.5. The van der Waals surface area contributed by atoms with Gasteiger partial charge in [0.25, 0.3) is 11.1 Å². The van der Waals surface area contributed by atoms with Crippen LogP contribution in [-0.2, 0) is 16.2 Å². The number of rotatable bonds is 9. The lowest BCUT2D eigenvalue weighted by atomic mass is 10.2. The summed E-state index contributed by atoms with van der Waals surface area (Å²) in [7, 11) is 0. The average Bonchev–Trinajstić information content (AvgIpc) is 3.13. The molecule has 3 amide bonds. The Hall–Kier alpha value is -3.02. The molecule has 1 fully saturated rings. The molecule has 1 heterocycles. The van der Waals surface area contributed by atoms with Gasteiger partial charge in [-0.05, 0) is 95.4 Å². The molecule has 0 radical (unpaired) electrons. The molecule has 0 aliphatic carbocycles. The van der Waals surface area contributed by atoms with E-state index in [0.29, 0.717) is 35.4 Å². The number of halogens is 2. The maximum atomic E-state index is 12.8. The molecular formula is C27H22ClIN2O5S. The third-order valence-corrected chi connectivity index (χ3v) is 7.34. The number of carbonyl (C=O) groups excluding carboxylic acids is 3. The van der Waals surface area contributed by atoms with Crippen LogP contribution in [0.4, 0.5) is 10.5 Å². The fraction of sp³-hybridized carbons (Fsp3) is 0.148. The van der Waals surface area contributed by atoms with Crippen molar-refractivity contribution in [3.8, 4) is 11.5 Å². The van der Waals surface area contributed by atoms with E-state index in [1.807, 2.05) is 37.3 Å². The van der Waals surface area contributed by atoms with Gasteiger partial charge in [-0.15, -0.1) is 0 Å². The number of amides is 3. The number of nitrogens with zero attached hydrogens (tertiary/aromatic N) is 1. The first-order chi connectivity index (χ1) is 17.8. The first kappa shape index (κ1) is 27.0. The molecule has 3 aromatic carbocycles. The van der Waals surface area contributed by atoms with E-state index in [-0.39, 0.29) is 11.4 Å². The maximum absolute atomic E-state index is 12.8. The van der Waals surface area contributed by atoms with Gasteiger partial charge in [-0.25, -0.2) is 0 Å². The zero-order valence-electron chi connectivity index (χ0n) is 19.7. The number of benzene rings is 3. The number of ether oxygens (including phenoxy) is 2. The highest BCUT2D eigenvalue weighted by Crippen LogP contribution is 2.33. The van der Waals surface area contributed by atoms with Gasteiger partial charge in [0.05, 0.1) is 15.1 Å². The first-order valence-electron chi connectivity index (χ1n) is 11.3. The Bertz CT molecular complexity index is 1360. The molecule has 190 valence electrons. The molecule has 0 atom stereocenters. The largest absolute Gasteiger partial charge is 0.494 e. The Morgan fingerprint density at radius 1 is 1.08 bits per heavy atom. The van der Waals surface area contributed by atoms with Crippen LogP contribution in [-0.4, -0.2) is 35.1 Å². The molecule has 10 heteroatoms. The number of imide groups is 1. The lowest BCUT2D eigenvalue weighted by molar-refractivity contribution is -0.127. The van der Waals surface area contributed by atoms with E-state index >= 15 is 0 Å². The van der Waals surface area contributed by atoms with Crippen molar-refractivity contribution in [2.45, 2.75) is 13.5 Å². The van der Waals surface area contributed by atoms with Crippen LogP contribution in [0.2, 0.25) is 5.02 Å². The van der Waals surface area contributed by atoms with E-state index in [0.717, 1.165) is 31.4 Å². The molecule has 0 spiro atoms. The van der Waals surface area contributed by atoms with Crippen molar-refractivity contribution in [3.63, 3.8) is 0 Å². The van der Waals surface area contributed by atoms with E-state index in [1.165, 1.54) is 0 Å². The fourth-order valence-corrected chi connectivity index (χ4v) is 5.15. The van der Waals surface area contributed by atoms with Crippen molar-refractivity contribution < 1.29 is 23.9 Å². The summed E-state index contributed by atoms with van der Waals surface area (Å²) in [5.74, 6) is 0.385. The van der Waals surface area contributed by atoms with E-state index < -0.39 is 17.1 Å². The Labute approximate surface area is 237 Å². The Morgan fingerprint density at radius 2 is 1.84 bits per heavy atom. The van der Waals surface area contributed by atoms with E-state index in [4.69, 9.17) is 21.1 Å². The van der Waals surface area contributed by atoms with Crippen LogP contribution in [0.1, 0.15) is 18.1 Å². The summed E-state index contributed by atoms with van der Waals surface area (Å²) < 4.78 is 12.1. The minimum Gasteiger partial charge on any atom is -0.494 e. The second kappa shape index (κ2) is 12.5. The second-order valence-electron chi connectivity index (χ2n) is 7.84. The van der Waals surface area contributed by atoms with Crippen LogP contribution in [0.3, 0.4) is 0 Å². The topological polar surface area (TPSA) is 84.9 Å². The fourth-order valence-electron chi connectivity index (χ4n) is 3.43. The monoisotopic (exact) mass is 648 g/mol. The summed E-state index contributed by atoms with van der Waals surface area (Å²) in [4.78, 5) is 39.0. The number of hydrogen-bond donors (Lipinski definition) is 1. The molecule has 0 saturated carbocycles. The van der Waals surface area contributed by atoms with Gasteiger partial charge in [0.1, 0.15) is 24.7 Å². The van der Waals surface area contributed by atoms with Crippen molar-refractivity contribution >= 4 is 74.8 Å². The Morgan fingerprint density at radius 3 is 2.54 bits per heavy atom. The number of hydrogen-bond acceptors (Lipinski definition) is 6. The molecule has 0 unspecified atom stereocenters. The molecule has 1 saturated heterocycles.